The van der Waals surface area contributed by atoms with Gasteiger partial charge < -0.3 is 20.4 Å². The van der Waals surface area contributed by atoms with Crippen LogP contribution in [0.25, 0.3) is 0 Å². The van der Waals surface area contributed by atoms with Crippen LogP contribution in [0, 0.1) is 0 Å². The molecule has 1 aliphatic rings. The van der Waals surface area contributed by atoms with Gasteiger partial charge in [-0.15, -0.1) is 0 Å². The summed E-state index contributed by atoms with van der Waals surface area (Å²) in [6, 6.07) is 13.4. The predicted molar refractivity (Wildman–Crippen MR) is 94.0 cm³/mol. The highest BCUT2D eigenvalue weighted by atomic mass is 16.5. The lowest BCUT2D eigenvalue weighted by Crippen LogP contribution is -2.25. The molecule has 2 aromatic carbocycles. The zero-order valence-corrected chi connectivity index (χ0v) is 13.7. The number of aliphatic carboxylic acids is 1. The summed E-state index contributed by atoms with van der Waals surface area (Å²) in [6.45, 7) is 0.460. The maximum Gasteiger partial charge on any atom is 0.307 e. The summed E-state index contributed by atoms with van der Waals surface area (Å²) in [7, 11) is 0. The Morgan fingerprint density at radius 1 is 1.32 bits per heavy atom. The SMILES string of the molecule is NN=Cc1ccc(COc2ccc3c(c2)CCC(CC(=O)O)O3)cc1. The molecule has 1 heterocycles. The number of benzene rings is 2. The fourth-order valence-corrected chi connectivity index (χ4v) is 2.80. The van der Waals surface area contributed by atoms with Crippen LogP contribution in [0.15, 0.2) is 47.6 Å². The molecule has 0 aliphatic carbocycles. The molecule has 0 aromatic heterocycles. The van der Waals surface area contributed by atoms with E-state index in [1.165, 1.54) is 0 Å². The van der Waals surface area contributed by atoms with Crippen molar-refractivity contribution in [2.75, 3.05) is 0 Å². The lowest BCUT2D eigenvalue weighted by molar-refractivity contribution is -0.139. The summed E-state index contributed by atoms with van der Waals surface area (Å²) in [5.74, 6) is 5.81. The molecule has 3 rings (SSSR count). The van der Waals surface area contributed by atoms with Gasteiger partial charge in [0.15, 0.2) is 0 Å². The number of hydrogen-bond donors (Lipinski definition) is 2. The first-order valence-corrected chi connectivity index (χ1v) is 8.10. The average Bonchev–Trinajstić information content (AvgIpc) is 2.61. The van der Waals surface area contributed by atoms with Crippen LogP contribution < -0.4 is 15.3 Å². The third kappa shape index (κ3) is 4.50. The number of fused-ring (bicyclic) bond motifs is 1. The third-order valence-electron chi connectivity index (χ3n) is 4.07. The van der Waals surface area contributed by atoms with Crippen LogP contribution in [-0.2, 0) is 17.8 Å². The molecule has 3 N–H and O–H groups in total. The quantitative estimate of drug-likeness (QED) is 0.479. The Morgan fingerprint density at radius 2 is 2.12 bits per heavy atom. The number of hydrogen-bond acceptors (Lipinski definition) is 5. The lowest BCUT2D eigenvalue weighted by atomic mass is 10.0. The molecule has 6 nitrogen and oxygen atoms in total. The smallest absolute Gasteiger partial charge is 0.307 e. The molecule has 0 saturated heterocycles. The van der Waals surface area contributed by atoms with Crippen LogP contribution in [0.4, 0.5) is 0 Å². The van der Waals surface area contributed by atoms with Gasteiger partial charge in [0.25, 0.3) is 0 Å². The number of rotatable bonds is 6. The van der Waals surface area contributed by atoms with E-state index in [1.54, 1.807) is 6.21 Å². The van der Waals surface area contributed by atoms with Crippen molar-refractivity contribution in [3.63, 3.8) is 0 Å². The Bertz CT molecular complexity index is 771. The molecule has 0 saturated carbocycles. The maximum atomic E-state index is 10.8. The second-order valence-corrected chi connectivity index (χ2v) is 5.95. The first-order valence-electron chi connectivity index (χ1n) is 8.10. The minimum absolute atomic E-state index is 0.0303. The highest BCUT2D eigenvalue weighted by molar-refractivity contribution is 5.79. The number of aryl methyl sites for hydroxylation is 1. The zero-order chi connectivity index (χ0) is 17.6. The largest absolute Gasteiger partial charge is 0.490 e. The first-order chi connectivity index (χ1) is 12.1. The van der Waals surface area contributed by atoms with Gasteiger partial charge in [-0.3, -0.25) is 4.79 Å². The number of carboxylic acids is 1. The van der Waals surface area contributed by atoms with Gasteiger partial charge in [0.2, 0.25) is 0 Å². The molecule has 2 aromatic rings. The van der Waals surface area contributed by atoms with Crippen molar-refractivity contribution < 1.29 is 19.4 Å². The number of nitrogens with two attached hydrogens (primary N) is 1. The van der Waals surface area contributed by atoms with E-state index in [4.69, 9.17) is 20.4 Å². The van der Waals surface area contributed by atoms with Crippen LogP contribution >= 0.6 is 0 Å². The van der Waals surface area contributed by atoms with E-state index in [9.17, 15) is 4.79 Å². The van der Waals surface area contributed by atoms with Crippen molar-refractivity contribution in [3.8, 4) is 11.5 Å². The number of carboxylic acid groups (broad SMARTS) is 1. The van der Waals surface area contributed by atoms with Gasteiger partial charge in [0.1, 0.15) is 24.2 Å². The molecular weight excluding hydrogens is 320 g/mol. The number of carbonyl (C=O) groups is 1. The molecule has 130 valence electrons. The molecule has 0 spiro atoms. The highest BCUT2D eigenvalue weighted by Gasteiger charge is 2.22. The summed E-state index contributed by atoms with van der Waals surface area (Å²) in [5, 5.41) is 12.4. The van der Waals surface area contributed by atoms with E-state index in [-0.39, 0.29) is 12.5 Å². The summed E-state index contributed by atoms with van der Waals surface area (Å²) < 4.78 is 11.6. The number of ether oxygens (including phenoxy) is 2. The molecular formula is C19H20N2O4. The van der Waals surface area contributed by atoms with Crippen molar-refractivity contribution in [3.05, 3.63) is 59.2 Å². The van der Waals surface area contributed by atoms with E-state index in [0.717, 1.165) is 34.6 Å². The van der Waals surface area contributed by atoms with Gasteiger partial charge in [-0.2, -0.15) is 5.10 Å². The summed E-state index contributed by atoms with van der Waals surface area (Å²) in [6.07, 6.45) is 2.85. The molecule has 0 radical (unpaired) electrons. The van der Waals surface area contributed by atoms with Gasteiger partial charge in [-0.05, 0) is 47.7 Å². The fourth-order valence-electron chi connectivity index (χ4n) is 2.80. The van der Waals surface area contributed by atoms with Crippen LogP contribution in [0.2, 0.25) is 0 Å². The lowest BCUT2D eigenvalue weighted by Gasteiger charge is -2.25. The molecule has 0 fully saturated rings. The van der Waals surface area contributed by atoms with E-state index < -0.39 is 5.97 Å². The molecule has 1 atom stereocenters. The minimum atomic E-state index is -0.836. The van der Waals surface area contributed by atoms with Crippen molar-refractivity contribution in [2.45, 2.75) is 32.0 Å². The molecule has 1 unspecified atom stereocenters. The summed E-state index contributed by atoms with van der Waals surface area (Å²) >= 11 is 0. The Kier molecular flexibility index (Phi) is 5.18. The Hall–Kier alpha value is -3.02. The van der Waals surface area contributed by atoms with E-state index in [1.807, 2.05) is 42.5 Å². The van der Waals surface area contributed by atoms with E-state index in [2.05, 4.69) is 5.10 Å². The van der Waals surface area contributed by atoms with Gasteiger partial charge in [0, 0.05) is 0 Å². The zero-order valence-electron chi connectivity index (χ0n) is 13.7. The standard InChI is InChI=1S/C19H20N2O4/c20-21-11-13-1-3-14(4-2-13)12-24-16-7-8-18-15(9-16)5-6-17(25-18)10-19(22)23/h1-4,7-9,11,17H,5-6,10,12,20H2,(H,22,23). The Labute approximate surface area is 145 Å². The molecule has 6 heteroatoms. The van der Waals surface area contributed by atoms with Crippen molar-refractivity contribution in [1.29, 1.82) is 0 Å². The van der Waals surface area contributed by atoms with Gasteiger partial charge in [0.05, 0.1) is 12.6 Å². The topological polar surface area (TPSA) is 94.1 Å². The summed E-state index contributed by atoms with van der Waals surface area (Å²) in [5.41, 5.74) is 3.03. The number of hydrazone groups is 1. The first kappa shape index (κ1) is 16.8. The molecule has 0 bridgehead atoms. The van der Waals surface area contributed by atoms with Gasteiger partial charge >= 0.3 is 5.97 Å². The normalized spacial score (nSPS) is 16.2. The third-order valence-corrected chi connectivity index (χ3v) is 4.07. The van der Waals surface area contributed by atoms with Crippen LogP contribution in [0.5, 0.6) is 11.5 Å². The minimum Gasteiger partial charge on any atom is -0.490 e. The van der Waals surface area contributed by atoms with Crippen molar-refractivity contribution in [2.24, 2.45) is 10.9 Å². The Morgan fingerprint density at radius 3 is 2.84 bits per heavy atom. The number of nitrogens with zero attached hydrogens (tertiary/aromatic N) is 1. The van der Waals surface area contributed by atoms with Crippen molar-refractivity contribution >= 4 is 12.2 Å². The van der Waals surface area contributed by atoms with Crippen LogP contribution in [0.1, 0.15) is 29.5 Å². The highest BCUT2D eigenvalue weighted by Crippen LogP contribution is 2.32. The van der Waals surface area contributed by atoms with E-state index in [0.29, 0.717) is 13.0 Å². The molecule has 25 heavy (non-hydrogen) atoms. The van der Waals surface area contributed by atoms with Gasteiger partial charge in [-0.1, -0.05) is 24.3 Å². The van der Waals surface area contributed by atoms with Crippen molar-refractivity contribution in [1.82, 2.24) is 0 Å². The molecule has 0 amide bonds. The Balaban J connectivity index is 1.60. The van der Waals surface area contributed by atoms with E-state index >= 15 is 0 Å². The second-order valence-electron chi connectivity index (χ2n) is 5.95. The average molecular weight is 340 g/mol. The van der Waals surface area contributed by atoms with Crippen LogP contribution in [0.3, 0.4) is 0 Å². The predicted octanol–water partition coefficient (Wildman–Crippen LogP) is 2.73. The fraction of sp³-hybridized carbons (Fsp3) is 0.263. The maximum absolute atomic E-state index is 10.8. The second kappa shape index (κ2) is 7.70. The summed E-state index contributed by atoms with van der Waals surface area (Å²) in [4.78, 5) is 10.8. The van der Waals surface area contributed by atoms with Gasteiger partial charge in [-0.25, -0.2) is 0 Å². The van der Waals surface area contributed by atoms with Crippen LogP contribution in [-0.4, -0.2) is 23.4 Å². The molecule has 1 aliphatic heterocycles. The monoisotopic (exact) mass is 340 g/mol.